The van der Waals surface area contributed by atoms with E-state index in [-0.39, 0.29) is 0 Å². The summed E-state index contributed by atoms with van der Waals surface area (Å²) in [5.74, 6) is 0.673. The van der Waals surface area contributed by atoms with Crippen LogP contribution in [0.2, 0.25) is 0 Å². The third-order valence-electron chi connectivity index (χ3n) is 3.93. The first-order valence-corrected chi connectivity index (χ1v) is 7.91. The van der Waals surface area contributed by atoms with E-state index in [2.05, 4.69) is 63.9 Å². The first-order chi connectivity index (χ1) is 9.43. The second-order valence-electron chi connectivity index (χ2n) is 6.43. The molecule has 0 radical (unpaired) electrons. The highest BCUT2D eigenvalue weighted by atomic mass is 16.3. The molecule has 0 bridgehead atoms. The van der Waals surface area contributed by atoms with Gasteiger partial charge in [-0.3, -0.25) is 0 Å². The van der Waals surface area contributed by atoms with Crippen LogP contribution in [-0.4, -0.2) is 29.6 Å². The number of benzene rings is 1. The fourth-order valence-corrected chi connectivity index (χ4v) is 2.54. The van der Waals surface area contributed by atoms with E-state index in [0.717, 1.165) is 12.0 Å². The van der Waals surface area contributed by atoms with Crippen LogP contribution < -0.4 is 0 Å². The third kappa shape index (κ3) is 5.64. The van der Waals surface area contributed by atoms with Gasteiger partial charge < -0.3 is 10.0 Å². The van der Waals surface area contributed by atoms with Crippen molar-refractivity contribution < 1.29 is 5.11 Å². The molecular formula is C18H31NO. The van der Waals surface area contributed by atoms with Gasteiger partial charge in [0.1, 0.15) is 0 Å². The van der Waals surface area contributed by atoms with Crippen molar-refractivity contribution in [2.75, 3.05) is 13.6 Å². The molecule has 0 saturated heterocycles. The summed E-state index contributed by atoms with van der Waals surface area (Å²) in [6.07, 6.45) is 3.07. The van der Waals surface area contributed by atoms with Crippen molar-refractivity contribution in [1.29, 1.82) is 0 Å². The summed E-state index contributed by atoms with van der Waals surface area (Å²) in [5.41, 5.74) is 2.37. The van der Waals surface area contributed by atoms with Crippen molar-refractivity contribution in [1.82, 2.24) is 4.90 Å². The van der Waals surface area contributed by atoms with Gasteiger partial charge in [-0.05, 0) is 43.9 Å². The molecule has 0 aliphatic carbocycles. The zero-order chi connectivity index (χ0) is 15.1. The Morgan fingerprint density at radius 2 is 1.70 bits per heavy atom. The Balaban J connectivity index is 2.56. The molecule has 0 aromatic heterocycles. The van der Waals surface area contributed by atoms with Crippen LogP contribution in [0.1, 0.15) is 57.8 Å². The molecule has 1 N–H and O–H groups in total. The lowest BCUT2D eigenvalue weighted by atomic mass is 10.00. The molecule has 0 saturated carbocycles. The van der Waals surface area contributed by atoms with E-state index < -0.39 is 6.10 Å². The summed E-state index contributed by atoms with van der Waals surface area (Å²) in [7, 11) is 2.09. The van der Waals surface area contributed by atoms with E-state index in [9.17, 15) is 5.11 Å². The van der Waals surface area contributed by atoms with Crippen LogP contribution >= 0.6 is 0 Å². The largest absolute Gasteiger partial charge is 0.387 e. The van der Waals surface area contributed by atoms with E-state index in [1.54, 1.807) is 0 Å². The lowest BCUT2D eigenvalue weighted by molar-refractivity contribution is 0.106. The van der Waals surface area contributed by atoms with Gasteiger partial charge in [-0.25, -0.2) is 0 Å². The third-order valence-corrected chi connectivity index (χ3v) is 3.93. The summed E-state index contributed by atoms with van der Waals surface area (Å²) < 4.78 is 0. The Morgan fingerprint density at radius 3 is 2.20 bits per heavy atom. The number of aliphatic hydroxyl groups is 1. The molecule has 114 valence electrons. The lowest BCUT2D eigenvalue weighted by Gasteiger charge is -2.27. The van der Waals surface area contributed by atoms with Crippen LogP contribution in [0.25, 0.3) is 0 Å². The Bertz CT molecular complexity index is 372. The van der Waals surface area contributed by atoms with Crippen LogP contribution in [0.3, 0.4) is 0 Å². The minimum atomic E-state index is -0.396. The van der Waals surface area contributed by atoms with E-state index in [1.165, 1.54) is 18.4 Å². The molecule has 20 heavy (non-hydrogen) atoms. The van der Waals surface area contributed by atoms with Crippen molar-refractivity contribution in [3.63, 3.8) is 0 Å². The minimum Gasteiger partial charge on any atom is -0.387 e. The molecule has 0 heterocycles. The molecule has 2 unspecified atom stereocenters. The van der Waals surface area contributed by atoms with Gasteiger partial charge in [0.05, 0.1) is 6.10 Å². The highest BCUT2D eigenvalue weighted by molar-refractivity contribution is 5.24. The summed E-state index contributed by atoms with van der Waals surface area (Å²) in [4.78, 5) is 2.25. The second kappa shape index (κ2) is 8.43. The maximum Gasteiger partial charge on any atom is 0.0916 e. The van der Waals surface area contributed by atoms with Crippen LogP contribution in [0.15, 0.2) is 24.3 Å². The van der Waals surface area contributed by atoms with Crippen molar-refractivity contribution in [3.05, 3.63) is 35.4 Å². The van der Waals surface area contributed by atoms with E-state index >= 15 is 0 Å². The molecule has 2 heteroatoms. The van der Waals surface area contributed by atoms with E-state index in [4.69, 9.17) is 0 Å². The molecule has 0 aliphatic heterocycles. The van der Waals surface area contributed by atoms with E-state index in [1.807, 2.05) is 0 Å². The van der Waals surface area contributed by atoms with Gasteiger partial charge >= 0.3 is 0 Å². The number of rotatable bonds is 8. The number of hydrogen-bond donors (Lipinski definition) is 1. The molecule has 2 nitrogen and oxygen atoms in total. The predicted octanol–water partition coefficient (Wildman–Crippen LogP) is 4.04. The van der Waals surface area contributed by atoms with Crippen molar-refractivity contribution in [2.24, 2.45) is 5.92 Å². The molecule has 0 spiro atoms. The normalized spacial score (nSPS) is 14.8. The fraction of sp³-hybridized carbons (Fsp3) is 0.667. The zero-order valence-corrected chi connectivity index (χ0v) is 13.8. The average molecular weight is 277 g/mol. The Hall–Kier alpha value is -0.860. The smallest absolute Gasteiger partial charge is 0.0916 e. The SMILES string of the molecule is CCCC(C)N(C)CC(O)c1ccc(CC(C)C)cc1. The van der Waals surface area contributed by atoms with Gasteiger partial charge in [0.15, 0.2) is 0 Å². The molecule has 1 aromatic rings. The molecule has 1 aromatic carbocycles. The maximum absolute atomic E-state index is 10.3. The first-order valence-electron chi connectivity index (χ1n) is 7.91. The highest BCUT2D eigenvalue weighted by Crippen LogP contribution is 2.18. The van der Waals surface area contributed by atoms with E-state index in [0.29, 0.717) is 18.5 Å². The van der Waals surface area contributed by atoms with Gasteiger partial charge in [-0.15, -0.1) is 0 Å². The monoisotopic (exact) mass is 277 g/mol. The second-order valence-corrected chi connectivity index (χ2v) is 6.43. The molecule has 0 amide bonds. The van der Waals surface area contributed by atoms with Gasteiger partial charge in [-0.2, -0.15) is 0 Å². The highest BCUT2D eigenvalue weighted by Gasteiger charge is 2.14. The van der Waals surface area contributed by atoms with Crippen LogP contribution in [0.4, 0.5) is 0 Å². The van der Waals surface area contributed by atoms with Gasteiger partial charge in [0, 0.05) is 12.6 Å². The topological polar surface area (TPSA) is 23.5 Å². The molecule has 0 fully saturated rings. The number of nitrogens with zero attached hydrogens (tertiary/aromatic N) is 1. The van der Waals surface area contributed by atoms with Crippen LogP contribution in [-0.2, 0) is 6.42 Å². The number of likely N-dealkylation sites (N-methyl/N-ethyl adjacent to an activating group) is 1. The Labute approximate surface area is 124 Å². The van der Waals surface area contributed by atoms with Gasteiger partial charge in [0.2, 0.25) is 0 Å². The quantitative estimate of drug-likeness (QED) is 0.775. The average Bonchev–Trinajstić information content (AvgIpc) is 2.39. The standard InChI is InChI=1S/C18H31NO/c1-6-7-15(4)19(5)13-18(20)17-10-8-16(9-11-17)12-14(2)3/h8-11,14-15,18,20H,6-7,12-13H2,1-5H3. The first kappa shape index (κ1) is 17.2. The summed E-state index contributed by atoms with van der Waals surface area (Å²) in [5, 5.41) is 10.3. The maximum atomic E-state index is 10.3. The Kier molecular flexibility index (Phi) is 7.25. The number of aliphatic hydroxyl groups excluding tert-OH is 1. The predicted molar refractivity (Wildman–Crippen MR) is 86.9 cm³/mol. The van der Waals surface area contributed by atoms with Gasteiger partial charge in [0.25, 0.3) is 0 Å². The molecular weight excluding hydrogens is 246 g/mol. The molecule has 1 rings (SSSR count). The zero-order valence-electron chi connectivity index (χ0n) is 13.8. The lowest BCUT2D eigenvalue weighted by Crippen LogP contribution is -2.32. The summed E-state index contributed by atoms with van der Waals surface area (Å²) in [6, 6.07) is 8.96. The van der Waals surface area contributed by atoms with Crippen molar-refractivity contribution in [3.8, 4) is 0 Å². The van der Waals surface area contributed by atoms with Crippen LogP contribution in [0, 0.1) is 5.92 Å². The number of hydrogen-bond acceptors (Lipinski definition) is 2. The van der Waals surface area contributed by atoms with Crippen molar-refractivity contribution >= 4 is 0 Å². The summed E-state index contributed by atoms with van der Waals surface area (Å²) in [6.45, 7) is 9.58. The Morgan fingerprint density at radius 1 is 1.10 bits per heavy atom. The van der Waals surface area contributed by atoms with Crippen LogP contribution in [0.5, 0.6) is 0 Å². The summed E-state index contributed by atoms with van der Waals surface area (Å²) >= 11 is 0. The molecule has 0 aliphatic rings. The van der Waals surface area contributed by atoms with Gasteiger partial charge in [-0.1, -0.05) is 51.5 Å². The molecule has 2 atom stereocenters. The van der Waals surface area contributed by atoms with Crippen molar-refractivity contribution in [2.45, 2.75) is 59.1 Å². The fourth-order valence-electron chi connectivity index (χ4n) is 2.54. The minimum absolute atomic E-state index is 0.396.